The summed E-state index contributed by atoms with van der Waals surface area (Å²) in [4.78, 5) is 13.4. The fourth-order valence-corrected chi connectivity index (χ4v) is 1.73. The Balaban J connectivity index is 2.60. The number of hydrogen-bond acceptors (Lipinski definition) is 1. The highest BCUT2D eigenvalue weighted by Gasteiger charge is 2.30. The lowest BCUT2D eigenvalue weighted by atomic mass is 10.0. The first-order chi connectivity index (χ1) is 6.11. The number of fused-ring (bicyclic) bond motifs is 1. The molecule has 1 aliphatic rings. The summed E-state index contributed by atoms with van der Waals surface area (Å²) < 4.78 is 0. The quantitative estimate of drug-likeness (QED) is 0.589. The van der Waals surface area contributed by atoms with Gasteiger partial charge in [0.15, 0.2) is 0 Å². The Kier molecular flexibility index (Phi) is 1.65. The molecule has 0 saturated heterocycles. The van der Waals surface area contributed by atoms with Gasteiger partial charge < -0.3 is 4.90 Å². The van der Waals surface area contributed by atoms with Gasteiger partial charge >= 0.3 is 0 Å². The molecule has 0 N–H and O–H groups in total. The van der Waals surface area contributed by atoms with Crippen LogP contribution in [0.25, 0.3) is 0 Å². The number of benzene rings is 1. The second-order valence-electron chi connectivity index (χ2n) is 3.51. The van der Waals surface area contributed by atoms with Crippen LogP contribution in [0.15, 0.2) is 18.2 Å². The van der Waals surface area contributed by atoms with Crippen molar-refractivity contribution in [3.8, 4) is 0 Å². The molecule has 67 valence electrons. The molecule has 0 fully saturated rings. The predicted molar refractivity (Wildman–Crippen MR) is 51.4 cm³/mol. The largest absolute Gasteiger partial charge is 0.335 e. The van der Waals surface area contributed by atoms with Gasteiger partial charge in [-0.05, 0) is 31.0 Å². The van der Waals surface area contributed by atoms with Crippen LogP contribution in [-0.4, -0.2) is 17.9 Å². The molecule has 1 aromatic rings. The van der Waals surface area contributed by atoms with Crippen molar-refractivity contribution in [2.75, 3.05) is 7.05 Å². The lowest BCUT2D eigenvalue weighted by Gasteiger charge is -2.14. The van der Waals surface area contributed by atoms with Crippen LogP contribution >= 0.6 is 0 Å². The Morgan fingerprint density at radius 3 is 2.85 bits per heavy atom. The summed E-state index contributed by atoms with van der Waals surface area (Å²) in [6.07, 6.45) is 0. The van der Waals surface area contributed by atoms with Gasteiger partial charge in [0.2, 0.25) is 0 Å². The van der Waals surface area contributed by atoms with E-state index in [0.29, 0.717) is 0 Å². The molecule has 1 aromatic carbocycles. The number of amides is 1. The van der Waals surface area contributed by atoms with Gasteiger partial charge in [0.1, 0.15) is 0 Å². The van der Waals surface area contributed by atoms with E-state index in [1.807, 2.05) is 32.2 Å². The van der Waals surface area contributed by atoms with Gasteiger partial charge in [-0.25, -0.2) is 0 Å². The van der Waals surface area contributed by atoms with Crippen LogP contribution in [0, 0.1) is 6.92 Å². The minimum atomic E-state index is 0.105. The number of hydrogen-bond donors (Lipinski definition) is 0. The maximum Gasteiger partial charge on any atom is 0.254 e. The maximum absolute atomic E-state index is 11.7. The first-order valence-electron chi connectivity index (χ1n) is 4.34. The number of nitrogens with zero attached hydrogens (tertiary/aromatic N) is 1. The molecule has 2 rings (SSSR count). The highest BCUT2D eigenvalue weighted by molar-refractivity contribution is 5.99. The van der Waals surface area contributed by atoms with E-state index in [-0.39, 0.29) is 11.9 Å². The average molecular weight is 174 g/mol. The van der Waals surface area contributed by atoms with E-state index >= 15 is 0 Å². The lowest BCUT2D eigenvalue weighted by Crippen LogP contribution is -2.20. The van der Waals surface area contributed by atoms with E-state index in [1.165, 1.54) is 0 Å². The molecule has 0 spiro atoms. The second-order valence-corrected chi connectivity index (χ2v) is 3.51. The third-order valence-electron chi connectivity index (χ3n) is 2.70. The zero-order chi connectivity index (χ0) is 9.59. The van der Waals surface area contributed by atoms with Crippen molar-refractivity contribution in [3.05, 3.63) is 41.8 Å². The second kappa shape index (κ2) is 2.59. The molecule has 1 unspecified atom stereocenters. The van der Waals surface area contributed by atoms with Gasteiger partial charge in [0.25, 0.3) is 5.91 Å². The standard InChI is InChI=1S/C11H12NO/c1-7-4-5-9-8(2)12(3)11(13)10(9)6-7/h4-6,8H,1H2,2-3H3. The Hall–Kier alpha value is -1.31. The summed E-state index contributed by atoms with van der Waals surface area (Å²) in [5, 5.41) is 0. The van der Waals surface area contributed by atoms with Crippen LogP contribution in [0.1, 0.15) is 34.5 Å². The molecule has 1 atom stereocenters. The molecule has 0 aliphatic carbocycles. The van der Waals surface area contributed by atoms with E-state index in [9.17, 15) is 4.79 Å². The van der Waals surface area contributed by atoms with Gasteiger partial charge in [0, 0.05) is 12.6 Å². The molecular weight excluding hydrogens is 162 g/mol. The zero-order valence-electron chi connectivity index (χ0n) is 7.87. The molecule has 1 heterocycles. The summed E-state index contributed by atoms with van der Waals surface area (Å²) >= 11 is 0. The van der Waals surface area contributed by atoms with E-state index in [2.05, 4.69) is 6.92 Å². The molecule has 13 heavy (non-hydrogen) atoms. The summed E-state index contributed by atoms with van der Waals surface area (Å²) in [6, 6.07) is 5.99. The number of carbonyl (C=O) groups is 1. The molecule has 1 aliphatic heterocycles. The van der Waals surface area contributed by atoms with E-state index in [4.69, 9.17) is 0 Å². The summed E-state index contributed by atoms with van der Waals surface area (Å²) in [5.41, 5.74) is 2.82. The SMILES string of the molecule is [CH2]c1ccc2c(c1)C(=O)N(C)C2C. The summed E-state index contributed by atoms with van der Waals surface area (Å²) in [7, 11) is 1.83. The molecule has 1 amide bonds. The van der Waals surface area contributed by atoms with E-state index < -0.39 is 0 Å². The first-order valence-corrected chi connectivity index (χ1v) is 4.34. The number of rotatable bonds is 0. The Morgan fingerprint density at radius 2 is 2.15 bits per heavy atom. The zero-order valence-corrected chi connectivity index (χ0v) is 7.87. The van der Waals surface area contributed by atoms with Gasteiger partial charge in [0.05, 0.1) is 6.04 Å². The summed E-state index contributed by atoms with van der Waals surface area (Å²) in [6.45, 7) is 5.85. The number of carbonyl (C=O) groups excluding carboxylic acids is 1. The predicted octanol–water partition coefficient (Wildman–Crippen LogP) is 2.02. The third-order valence-corrected chi connectivity index (χ3v) is 2.70. The molecule has 0 aromatic heterocycles. The van der Waals surface area contributed by atoms with Crippen molar-refractivity contribution in [1.82, 2.24) is 4.90 Å². The van der Waals surface area contributed by atoms with Gasteiger partial charge in [-0.3, -0.25) is 4.79 Å². The normalized spacial score (nSPS) is 20.7. The van der Waals surface area contributed by atoms with Gasteiger partial charge in [-0.15, -0.1) is 0 Å². The van der Waals surface area contributed by atoms with Crippen molar-refractivity contribution in [3.63, 3.8) is 0 Å². The van der Waals surface area contributed by atoms with Crippen LogP contribution in [0.2, 0.25) is 0 Å². The fraction of sp³-hybridized carbons (Fsp3) is 0.273. The highest BCUT2D eigenvalue weighted by Crippen LogP contribution is 2.31. The van der Waals surface area contributed by atoms with Crippen LogP contribution in [0.4, 0.5) is 0 Å². The molecule has 0 bridgehead atoms. The molecule has 2 heteroatoms. The highest BCUT2D eigenvalue weighted by atomic mass is 16.2. The van der Waals surface area contributed by atoms with Crippen molar-refractivity contribution in [1.29, 1.82) is 0 Å². The molecule has 1 radical (unpaired) electrons. The smallest absolute Gasteiger partial charge is 0.254 e. The maximum atomic E-state index is 11.7. The third kappa shape index (κ3) is 1.05. The Labute approximate surface area is 78.2 Å². The molecular formula is C11H12NO. The van der Waals surface area contributed by atoms with E-state index in [1.54, 1.807) is 4.90 Å². The minimum absolute atomic E-state index is 0.105. The average Bonchev–Trinajstić information content (AvgIpc) is 2.32. The van der Waals surface area contributed by atoms with Gasteiger partial charge in [-0.1, -0.05) is 12.1 Å². The van der Waals surface area contributed by atoms with Crippen molar-refractivity contribution in [2.24, 2.45) is 0 Å². The Bertz CT molecular complexity index is 370. The summed E-state index contributed by atoms with van der Waals surface area (Å²) in [5.74, 6) is 0.105. The van der Waals surface area contributed by atoms with Crippen LogP contribution in [0.3, 0.4) is 0 Å². The van der Waals surface area contributed by atoms with Gasteiger partial charge in [-0.2, -0.15) is 0 Å². The topological polar surface area (TPSA) is 20.3 Å². The van der Waals surface area contributed by atoms with Crippen molar-refractivity contribution >= 4 is 5.91 Å². The van der Waals surface area contributed by atoms with Crippen molar-refractivity contribution in [2.45, 2.75) is 13.0 Å². The minimum Gasteiger partial charge on any atom is -0.335 e. The molecule has 2 nitrogen and oxygen atoms in total. The fourth-order valence-electron chi connectivity index (χ4n) is 1.73. The first kappa shape index (κ1) is 8.30. The van der Waals surface area contributed by atoms with Crippen LogP contribution < -0.4 is 0 Å². The van der Waals surface area contributed by atoms with E-state index in [0.717, 1.165) is 16.7 Å². The monoisotopic (exact) mass is 174 g/mol. The van der Waals surface area contributed by atoms with Crippen LogP contribution in [-0.2, 0) is 0 Å². The van der Waals surface area contributed by atoms with Crippen LogP contribution in [0.5, 0.6) is 0 Å². The molecule has 0 saturated carbocycles. The van der Waals surface area contributed by atoms with Crippen molar-refractivity contribution < 1.29 is 4.79 Å². The Morgan fingerprint density at radius 1 is 1.46 bits per heavy atom. The lowest BCUT2D eigenvalue weighted by molar-refractivity contribution is 0.0784.